The van der Waals surface area contributed by atoms with Crippen molar-refractivity contribution in [2.24, 2.45) is 5.92 Å². The Bertz CT molecular complexity index is 989. The maximum absolute atomic E-state index is 12.7. The second-order valence-corrected chi connectivity index (χ2v) is 8.60. The molecule has 1 amide bonds. The Morgan fingerprint density at radius 2 is 1.68 bits per heavy atom. The lowest BCUT2D eigenvalue weighted by molar-refractivity contribution is -0.148. The van der Waals surface area contributed by atoms with Gasteiger partial charge in [0.1, 0.15) is 0 Å². The number of hydrogen-bond acceptors (Lipinski definition) is 4. The summed E-state index contributed by atoms with van der Waals surface area (Å²) in [4.78, 5) is 39.5. The van der Waals surface area contributed by atoms with Gasteiger partial charge in [-0.1, -0.05) is 30.3 Å². The number of ether oxygens (including phenoxy) is 1. The van der Waals surface area contributed by atoms with E-state index in [2.05, 4.69) is 0 Å². The molecule has 0 unspecified atom stereocenters. The predicted octanol–water partition coefficient (Wildman–Crippen LogP) is 4.15. The van der Waals surface area contributed by atoms with Gasteiger partial charge in [-0.25, -0.2) is 0 Å². The summed E-state index contributed by atoms with van der Waals surface area (Å²) in [5, 5.41) is 0. The number of esters is 1. The maximum atomic E-state index is 12.7. The third-order valence-electron chi connectivity index (χ3n) is 6.51. The van der Waals surface area contributed by atoms with E-state index in [1.807, 2.05) is 49.4 Å². The zero-order valence-corrected chi connectivity index (χ0v) is 18.1. The van der Waals surface area contributed by atoms with E-state index in [0.717, 1.165) is 24.8 Å². The number of carbonyl (C=O) groups is 3. The number of nitrogens with zero attached hydrogens (tertiary/aromatic N) is 1. The van der Waals surface area contributed by atoms with Crippen molar-refractivity contribution in [2.45, 2.75) is 45.4 Å². The fraction of sp³-hybridized carbons (Fsp3) is 0.423. The minimum Gasteiger partial charge on any atom is -0.457 e. The highest BCUT2D eigenvalue weighted by atomic mass is 16.5. The third kappa shape index (κ3) is 4.87. The molecule has 0 bridgehead atoms. The van der Waals surface area contributed by atoms with E-state index in [1.54, 1.807) is 4.90 Å². The molecule has 31 heavy (non-hydrogen) atoms. The van der Waals surface area contributed by atoms with E-state index < -0.39 is 0 Å². The second kappa shape index (κ2) is 9.46. The lowest BCUT2D eigenvalue weighted by Crippen LogP contribution is -2.41. The molecule has 2 aromatic carbocycles. The van der Waals surface area contributed by atoms with Crippen LogP contribution in [0, 0.1) is 12.8 Å². The van der Waals surface area contributed by atoms with Crippen LogP contribution in [0.3, 0.4) is 0 Å². The standard InChI is InChI=1S/C26H29NO4/c1-18-6-2-5-9-23(18)25(29)27-14-12-20(13-15-27)26(30)31-17-24(28)22-11-10-19-7-3-4-8-21(19)16-22/h2,5-6,9-11,16,20H,3-4,7-8,12-15,17H2,1H3. The molecule has 1 heterocycles. The van der Waals surface area contributed by atoms with Crippen LogP contribution in [0.25, 0.3) is 0 Å². The number of hydrogen-bond donors (Lipinski definition) is 0. The molecule has 0 spiro atoms. The molecule has 0 aromatic heterocycles. The van der Waals surface area contributed by atoms with Gasteiger partial charge in [-0.3, -0.25) is 14.4 Å². The van der Waals surface area contributed by atoms with Crippen LogP contribution in [0.2, 0.25) is 0 Å². The number of likely N-dealkylation sites (tertiary alicyclic amines) is 1. The molecule has 0 atom stereocenters. The molecule has 1 aliphatic heterocycles. The highest BCUT2D eigenvalue weighted by Crippen LogP contribution is 2.24. The van der Waals surface area contributed by atoms with Gasteiger partial charge in [0.15, 0.2) is 12.4 Å². The molecule has 5 heteroatoms. The first-order chi connectivity index (χ1) is 15.0. The van der Waals surface area contributed by atoms with Gasteiger partial charge >= 0.3 is 5.97 Å². The van der Waals surface area contributed by atoms with Crippen LogP contribution in [0.1, 0.15) is 63.1 Å². The number of benzene rings is 2. The fourth-order valence-electron chi connectivity index (χ4n) is 4.55. The molecule has 4 rings (SSSR count). The average Bonchev–Trinajstić information content (AvgIpc) is 2.82. The van der Waals surface area contributed by atoms with Gasteiger partial charge in [-0.15, -0.1) is 0 Å². The normalized spacial score (nSPS) is 16.5. The van der Waals surface area contributed by atoms with Gasteiger partial charge in [0, 0.05) is 24.2 Å². The smallest absolute Gasteiger partial charge is 0.309 e. The number of carbonyl (C=O) groups excluding carboxylic acids is 3. The molecule has 2 aromatic rings. The number of fused-ring (bicyclic) bond motifs is 1. The maximum Gasteiger partial charge on any atom is 0.309 e. The summed E-state index contributed by atoms with van der Waals surface area (Å²) >= 11 is 0. The Balaban J connectivity index is 1.27. The lowest BCUT2D eigenvalue weighted by Gasteiger charge is -2.31. The van der Waals surface area contributed by atoms with Crippen LogP contribution < -0.4 is 0 Å². The van der Waals surface area contributed by atoms with Crippen LogP contribution in [-0.4, -0.2) is 42.3 Å². The number of Topliss-reactive ketones (excluding diaryl/α,β-unsaturated/α-hetero) is 1. The molecule has 1 aliphatic carbocycles. The Morgan fingerprint density at radius 1 is 0.968 bits per heavy atom. The van der Waals surface area contributed by atoms with Crippen molar-refractivity contribution in [1.29, 1.82) is 0 Å². The molecular formula is C26H29NO4. The molecule has 162 valence electrons. The van der Waals surface area contributed by atoms with Crippen molar-refractivity contribution in [3.05, 3.63) is 70.3 Å². The van der Waals surface area contributed by atoms with Gasteiger partial charge in [0.25, 0.3) is 5.91 Å². The fourth-order valence-corrected chi connectivity index (χ4v) is 4.55. The van der Waals surface area contributed by atoms with Gasteiger partial charge in [0.05, 0.1) is 5.92 Å². The van der Waals surface area contributed by atoms with E-state index in [0.29, 0.717) is 37.1 Å². The highest BCUT2D eigenvalue weighted by Gasteiger charge is 2.29. The molecule has 1 saturated heterocycles. The zero-order valence-electron chi connectivity index (χ0n) is 18.1. The van der Waals surface area contributed by atoms with Crippen molar-refractivity contribution in [3.8, 4) is 0 Å². The molecule has 5 nitrogen and oxygen atoms in total. The van der Waals surface area contributed by atoms with Crippen molar-refractivity contribution in [1.82, 2.24) is 4.90 Å². The summed E-state index contributed by atoms with van der Waals surface area (Å²) in [5.41, 5.74) is 4.85. The minimum absolute atomic E-state index is 0.00695. The Labute approximate surface area is 183 Å². The third-order valence-corrected chi connectivity index (χ3v) is 6.51. The largest absolute Gasteiger partial charge is 0.457 e. The summed E-state index contributed by atoms with van der Waals surface area (Å²) in [7, 11) is 0. The van der Waals surface area contributed by atoms with Crippen LogP contribution in [0.4, 0.5) is 0 Å². The van der Waals surface area contributed by atoms with E-state index in [-0.39, 0.29) is 30.2 Å². The number of amides is 1. The average molecular weight is 420 g/mol. The summed E-state index contributed by atoms with van der Waals surface area (Å²) in [6.07, 6.45) is 5.56. The molecule has 1 fully saturated rings. The molecule has 0 saturated carbocycles. The summed E-state index contributed by atoms with van der Waals surface area (Å²) in [6.45, 7) is 2.74. The molecule has 0 N–H and O–H groups in total. The first-order valence-electron chi connectivity index (χ1n) is 11.2. The van der Waals surface area contributed by atoms with Crippen molar-refractivity contribution in [3.63, 3.8) is 0 Å². The van der Waals surface area contributed by atoms with Crippen LogP contribution in [-0.2, 0) is 22.4 Å². The predicted molar refractivity (Wildman–Crippen MR) is 118 cm³/mol. The molecule has 0 radical (unpaired) electrons. The number of rotatable bonds is 5. The van der Waals surface area contributed by atoms with Gasteiger partial charge in [-0.2, -0.15) is 0 Å². The monoisotopic (exact) mass is 419 g/mol. The number of ketones is 1. The van der Waals surface area contributed by atoms with E-state index >= 15 is 0 Å². The summed E-state index contributed by atoms with van der Waals surface area (Å²) < 4.78 is 5.35. The SMILES string of the molecule is Cc1ccccc1C(=O)N1CCC(C(=O)OCC(=O)c2ccc3c(c2)CCCC3)CC1. The first-order valence-corrected chi connectivity index (χ1v) is 11.2. The van der Waals surface area contributed by atoms with Gasteiger partial charge < -0.3 is 9.64 Å². The highest BCUT2D eigenvalue weighted by molar-refractivity contribution is 5.98. The van der Waals surface area contributed by atoms with Gasteiger partial charge in [0.2, 0.25) is 0 Å². The quantitative estimate of drug-likeness (QED) is 0.539. The summed E-state index contributed by atoms with van der Waals surface area (Å²) in [6, 6.07) is 13.4. The van der Waals surface area contributed by atoms with E-state index in [4.69, 9.17) is 4.74 Å². The lowest BCUT2D eigenvalue weighted by atomic mass is 9.90. The topological polar surface area (TPSA) is 63.7 Å². The zero-order chi connectivity index (χ0) is 21.8. The first kappa shape index (κ1) is 21.3. The Hall–Kier alpha value is -2.95. The Morgan fingerprint density at radius 3 is 2.42 bits per heavy atom. The minimum atomic E-state index is -0.339. The van der Waals surface area contributed by atoms with E-state index in [9.17, 15) is 14.4 Å². The number of piperidine rings is 1. The molecular weight excluding hydrogens is 390 g/mol. The number of aryl methyl sites for hydroxylation is 3. The Kier molecular flexibility index (Phi) is 6.50. The van der Waals surface area contributed by atoms with Crippen molar-refractivity contribution in [2.75, 3.05) is 19.7 Å². The van der Waals surface area contributed by atoms with Crippen molar-refractivity contribution < 1.29 is 19.1 Å². The van der Waals surface area contributed by atoms with Crippen LogP contribution in [0.5, 0.6) is 0 Å². The van der Waals surface area contributed by atoms with Crippen LogP contribution in [0.15, 0.2) is 42.5 Å². The molecule has 2 aliphatic rings. The van der Waals surface area contributed by atoms with E-state index in [1.165, 1.54) is 17.5 Å². The summed E-state index contributed by atoms with van der Waals surface area (Å²) in [5.74, 6) is -0.757. The van der Waals surface area contributed by atoms with Crippen molar-refractivity contribution >= 4 is 17.7 Å². The van der Waals surface area contributed by atoms with Crippen LogP contribution >= 0.6 is 0 Å². The van der Waals surface area contributed by atoms with Gasteiger partial charge in [-0.05, 0) is 74.3 Å². The second-order valence-electron chi connectivity index (χ2n) is 8.60.